The first-order valence-electron chi connectivity index (χ1n) is 6.95. The number of hydrogen-bond acceptors (Lipinski definition) is 1. The number of nitrogens with zero attached hydrogens (tertiary/aromatic N) is 1. The smallest absolute Gasteiger partial charge is 0.253 e. The normalized spacial score (nSPS) is 10.5. The lowest BCUT2D eigenvalue weighted by Crippen LogP contribution is -2.26. The van der Waals surface area contributed by atoms with Crippen LogP contribution in [0.3, 0.4) is 0 Å². The van der Waals surface area contributed by atoms with Gasteiger partial charge in [-0.15, -0.1) is 0 Å². The van der Waals surface area contributed by atoms with Crippen LogP contribution >= 0.6 is 15.9 Å². The maximum Gasteiger partial charge on any atom is 0.253 e. The highest BCUT2D eigenvalue weighted by Gasteiger charge is 2.14. The van der Waals surface area contributed by atoms with Crippen LogP contribution in [0.4, 0.5) is 0 Å². The summed E-state index contributed by atoms with van der Waals surface area (Å²) in [5.41, 5.74) is 5.44. The van der Waals surface area contributed by atoms with E-state index in [0.29, 0.717) is 12.1 Å². The molecule has 0 saturated heterocycles. The zero-order chi connectivity index (χ0) is 15.6. The third kappa shape index (κ3) is 3.94. The van der Waals surface area contributed by atoms with Crippen LogP contribution < -0.4 is 0 Å². The number of halogens is 1. The lowest BCUT2D eigenvalue weighted by atomic mass is 10.0. The molecule has 0 atom stereocenters. The summed E-state index contributed by atoms with van der Waals surface area (Å²) in [6.07, 6.45) is 0. The number of carbonyl (C=O) groups is 1. The van der Waals surface area contributed by atoms with Gasteiger partial charge in [0.25, 0.3) is 5.91 Å². The van der Waals surface area contributed by atoms with Gasteiger partial charge in [-0.25, -0.2) is 0 Å². The minimum atomic E-state index is 0.0411. The second kappa shape index (κ2) is 6.44. The van der Waals surface area contributed by atoms with Gasteiger partial charge in [-0.1, -0.05) is 39.7 Å². The minimum absolute atomic E-state index is 0.0411. The summed E-state index contributed by atoms with van der Waals surface area (Å²) < 4.78 is 0.936. The molecule has 0 aliphatic carbocycles. The van der Waals surface area contributed by atoms with Crippen molar-refractivity contribution in [2.75, 3.05) is 7.05 Å². The predicted molar refractivity (Wildman–Crippen MR) is 90.6 cm³/mol. The molecule has 3 heteroatoms. The van der Waals surface area contributed by atoms with Crippen molar-refractivity contribution in [3.8, 4) is 0 Å². The van der Waals surface area contributed by atoms with Gasteiger partial charge in [-0.05, 0) is 55.7 Å². The van der Waals surface area contributed by atoms with Crippen molar-refractivity contribution in [1.82, 2.24) is 4.90 Å². The summed E-state index contributed by atoms with van der Waals surface area (Å²) in [6, 6.07) is 12.1. The molecule has 0 aliphatic rings. The van der Waals surface area contributed by atoms with Crippen molar-refractivity contribution in [1.29, 1.82) is 0 Å². The molecule has 2 aromatic carbocycles. The van der Waals surface area contributed by atoms with Crippen LogP contribution in [0.1, 0.15) is 32.6 Å². The molecule has 0 saturated carbocycles. The fourth-order valence-corrected chi connectivity index (χ4v) is 3.04. The number of carbonyl (C=O) groups excluding carboxylic acids is 1. The van der Waals surface area contributed by atoms with Crippen molar-refractivity contribution >= 4 is 21.8 Å². The Hall–Kier alpha value is -1.61. The first-order chi connectivity index (χ1) is 9.86. The van der Waals surface area contributed by atoms with Crippen LogP contribution in [0.5, 0.6) is 0 Å². The summed E-state index contributed by atoms with van der Waals surface area (Å²) in [7, 11) is 1.85. The number of rotatable bonds is 3. The second-order valence-corrected chi connectivity index (χ2v) is 6.52. The molecule has 0 aliphatic heterocycles. The number of amides is 1. The Kier molecular flexibility index (Phi) is 4.84. The standard InChI is InChI=1S/C18H20BrNO/c1-12-5-6-15(14(3)7-12)11-20(4)18(21)16-8-13(2)9-17(19)10-16/h5-10H,11H2,1-4H3. The highest BCUT2D eigenvalue weighted by atomic mass is 79.9. The highest BCUT2D eigenvalue weighted by Crippen LogP contribution is 2.18. The molecule has 0 N–H and O–H groups in total. The molecule has 2 rings (SSSR count). The van der Waals surface area contributed by atoms with Gasteiger partial charge in [0, 0.05) is 23.6 Å². The quantitative estimate of drug-likeness (QED) is 0.792. The predicted octanol–water partition coefficient (Wildman–Crippen LogP) is 4.65. The summed E-state index contributed by atoms with van der Waals surface area (Å²) >= 11 is 3.45. The minimum Gasteiger partial charge on any atom is -0.337 e. The Morgan fingerprint density at radius 1 is 1.05 bits per heavy atom. The van der Waals surface area contributed by atoms with Gasteiger partial charge in [0.2, 0.25) is 0 Å². The SMILES string of the molecule is Cc1cc(Br)cc(C(=O)N(C)Cc2ccc(C)cc2C)c1. The fraction of sp³-hybridized carbons (Fsp3) is 0.278. The van der Waals surface area contributed by atoms with Crippen LogP contribution in [0.2, 0.25) is 0 Å². The molecule has 110 valence electrons. The van der Waals surface area contributed by atoms with Crippen LogP contribution in [0, 0.1) is 20.8 Å². The van der Waals surface area contributed by atoms with Gasteiger partial charge in [0.05, 0.1) is 0 Å². The first-order valence-corrected chi connectivity index (χ1v) is 7.75. The zero-order valence-corrected chi connectivity index (χ0v) is 14.5. The summed E-state index contributed by atoms with van der Waals surface area (Å²) in [5.74, 6) is 0.0411. The van der Waals surface area contributed by atoms with Gasteiger partial charge >= 0.3 is 0 Å². The third-order valence-electron chi connectivity index (χ3n) is 3.54. The monoisotopic (exact) mass is 345 g/mol. The van der Waals surface area contributed by atoms with Crippen LogP contribution in [-0.2, 0) is 6.54 Å². The van der Waals surface area contributed by atoms with Crippen molar-refractivity contribution < 1.29 is 4.79 Å². The van der Waals surface area contributed by atoms with Crippen molar-refractivity contribution in [3.05, 3.63) is 68.7 Å². The van der Waals surface area contributed by atoms with E-state index in [9.17, 15) is 4.79 Å². The molecule has 1 amide bonds. The molecule has 0 unspecified atom stereocenters. The van der Waals surface area contributed by atoms with E-state index in [4.69, 9.17) is 0 Å². The largest absolute Gasteiger partial charge is 0.337 e. The van der Waals surface area contributed by atoms with Crippen LogP contribution in [-0.4, -0.2) is 17.9 Å². The maximum absolute atomic E-state index is 12.5. The van der Waals surface area contributed by atoms with E-state index in [1.807, 2.05) is 32.2 Å². The van der Waals surface area contributed by atoms with Crippen LogP contribution in [0.15, 0.2) is 40.9 Å². The lowest BCUT2D eigenvalue weighted by Gasteiger charge is -2.19. The number of hydrogen-bond donors (Lipinski definition) is 0. The second-order valence-electron chi connectivity index (χ2n) is 5.61. The van der Waals surface area contributed by atoms with Gasteiger partial charge in [0.1, 0.15) is 0 Å². The fourth-order valence-electron chi connectivity index (χ4n) is 2.43. The van der Waals surface area contributed by atoms with Crippen molar-refractivity contribution in [2.24, 2.45) is 0 Å². The molecule has 0 spiro atoms. The molecule has 0 heterocycles. The van der Waals surface area contributed by atoms with E-state index in [1.165, 1.54) is 16.7 Å². The van der Waals surface area contributed by atoms with Gasteiger partial charge in [0.15, 0.2) is 0 Å². The van der Waals surface area contributed by atoms with Crippen molar-refractivity contribution in [3.63, 3.8) is 0 Å². The molecule has 0 bridgehead atoms. The molecule has 0 fully saturated rings. The number of aryl methyl sites for hydroxylation is 3. The number of benzene rings is 2. The van der Waals surface area contributed by atoms with Gasteiger partial charge in [-0.3, -0.25) is 4.79 Å². The van der Waals surface area contributed by atoms with E-state index in [1.54, 1.807) is 4.90 Å². The Labute approximate surface area is 134 Å². The lowest BCUT2D eigenvalue weighted by molar-refractivity contribution is 0.0785. The van der Waals surface area contributed by atoms with E-state index in [0.717, 1.165) is 10.0 Å². The summed E-state index contributed by atoms with van der Waals surface area (Å²) in [6.45, 7) is 6.78. The molecule has 21 heavy (non-hydrogen) atoms. The average Bonchev–Trinajstić information content (AvgIpc) is 2.40. The Balaban J connectivity index is 2.19. The molecule has 0 aromatic heterocycles. The Morgan fingerprint density at radius 2 is 1.76 bits per heavy atom. The topological polar surface area (TPSA) is 20.3 Å². The molecule has 2 aromatic rings. The van der Waals surface area contributed by atoms with E-state index in [2.05, 4.69) is 48.0 Å². The van der Waals surface area contributed by atoms with E-state index < -0.39 is 0 Å². The summed E-state index contributed by atoms with van der Waals surface area (Å²) in [4.78, 5) is 14.3. The van der Waals surface area contributed by atoms with Gasteiger partial charge in [-0.2, -0.15) is 0 Å². The Bertz CT molecular complexity index is 659. The molecule has 0 radical (unpaired) electrons. The van der Waals surface area contributed by atoms with E-state index >= 15 is 0 Å². The average molecular weight is 346 g/mol. The summed E-state index contributed by atoms with van der Waals surface area (Å²) in [5, 5.41) is 0. The molecule has 2 nitrogen and oxygen atoms in total. The van der Waals surface area contributed by atoms with Crippen molar-refractivity contribution in [2.45, 2.75) is 27.3 Å². The zero-order valence-electron chi connectivity index (χ0n) is 12.9. The van der Waals surface area contributed by atoms with E-state index in [-0.39, 0.29) is 5.91 Å². The highest BCUT2D eigenvalue weighted by molar-refractivity contribution is 9.10. The van der Waals surface area contributed by atoms with Crippen LogP contribution in [0.25, 0.3) is 0 Å². The first kappa shape index (κ1) is 15.8. The third-order valence-corrected chi connectivity index (χ3v) is 4.00. The molecular weight excluding hydrogens is 326 g/mol. The molecular formula is C18H20BrNO. The Morgan fingerprint density at radius 3 is 2.38 bits per heavy atom. The van der Waals surface area contributed by atoms with Gasteiger partial charge < -0.3 is 4.90 Å². The maximum atomic E-state index is 12.5.